The molecule has 8 nitrogen and oxygen atoms in total. The fourth-order valence-corrected chi connectivity index (χ4v) is 6.22. The molecule has 10 heteroatoms. The molecule has 0 aliphatic carbocycles. The number of rotatable bonds is 9. The fraction of sp³-hybridized carbons (Fsp3) is 0.367. The molecule has 5 rings (SSSR count). The zero-order valence-corrected chi connectivity index (χ0v) is 24.2. The number of anilines is 2. The van der Waals surface area contributed by atoms with E-state index in [2.05, 4.69) is 37.3 Å². The van der Waals surface area contributed by atoms with Gasteiger partial charge in [-0.1, -0.05) is 60.1 Å². The van der Waals surface area contributed by atoms with Gasteiger partial charge in [0.05, 0.1) is 23.7 Å². The van der Waals surface area contributed by atoms with Gasteiger partial charge in [-0.25, -0.2) is 8.42 Å². The van der Waals surface area contributed by atoms with Gasteiger partial charge in [-0.05, 0) is 53.8 Å². The molecule has 212 valence electrons. The molecular formula is C30H36ClN5O3S. The van der Waals surface area contributed by atoms with E-state index in [1.807, 2.05) is 54.6 Å². The number of hydrogen-bond acceptors (Lipinski definition) is 6. The van der Waals surface area contributed by atoms with Crippen LogP contribution in [0.15, 0.2) is 72.8 Å². The summed E-state index contributed by atoms with van der Waals surface area (Å²) in [6.07, 6.45) is 2.54. The minimum absolute atomic E-state index is 0.0212. The van der Waals surface area contributed by atoms with Crippen LogP contribution in [0.5, 0.6) is 0 Å². The van der Waals surface area contributed by atoms with Crippen molar-refractivity contribution in [3.63, 3.8) is 0 Å². The van der Waals surface area contributed by atoms with Crippen molar-refractivity contribution in [2.45, 2.75) is 31.5 Å². The minimum atomic E-state index is -3.38. The van der Waals surface area contributed by atoms with Crippen molar-refractivity contribution >= 4 is 38.9 Å². The lowest BCUT2D eigenvalue weighted by atomic mass is 9.95. The van der Waals surface area contributed by atoms with E-state index in [1.54, 1.807) is 6.07 Å². The molecule has 1 fully saturated rings. The number of piperazine rings is 1. The maximum absolute atomic E-state index is 13.4. The largest absolute Gasteiger partial charge is 0.367 e. The molecule has 2 aliphatic rings. The predicted octanol–water partition coefficient (Wildman–Crippen LogP) is 3.28. The van der Waals surface area contributed by atoms with Crippen LogP contribution in [0.4, 0.5) is 11.4 Å². The van der Waals surface area contributed by atoms with E-state index >= 15 is 0 Å². The highest BCUT2D eigenvalue weighted by Crippen LogP contribution is 2.27. The molecule has 3 aromatic carbocycles. The number of hydrogen-bond donors (Lipinski definition) is 3. The zero-order valence-electron chi connectivity index (χ0n) is 22.6. The molecule has 3 N–H and O–H groups in total. The minimum Gasteiger partial charge on any atom is -0.367 e. The maximum atomic E-state index is 13.4. The molecule has 2 atom stereocenters. The molecule has 0 unspecified atom stereocenters. The summed E-state index contributed by atoms with van der Waals surface area (Å²) in [5.41, 5.74) is 5.05. The Kier molecular flexibility index (Phi) is 8.95. The first-order valence-electron chi connectivity index (χ1n) is 13.6. The predicted molar refractivity (Wildman–Crippen MR) is 161 cm³/mol. The van der Waals surface area contributed by atoms with Crippen molar-refractivity contribution in [2.75, 3.05) is 48.6 Å². The van der Waals surface area contributed by atoms with Gasteiger partial charge in [0.2, 0.25) is 15.9 Å². The van der Waals surface area contributed by atoms with Gasteiger partial charge >= 0.3 is 0 Å². The van der Waals surface area contributed by atoms with Gasteiger partial charge in [-0.3, -0.25) is 14.4 Å². The number of halogens is 1. The van der Waals surface area contributed by atoms with E-state index in [-0.39, 0.29) is 18.0 Å². The molecule has 0 radical (unpaired) electrons. The molecule has 0 spiro atoms. The van der Waals surface area contributed by atoms with Crippen LogP contribution in [0.25, 0.3) is 0 Å². The number of fused-ring (bicyclic) bond motifs is 1. The van der Waals surface area contributed by atoms with Gasteiger partial charge < -0.3 is 15.5 Å². The van der Waals surface area contributed by atoms with Crippen LogP contribution in [-0.2, 0) is 34.2 Å². The third-order valence-electron chi connectivity index (χ3n) is 7.53. The van der Waals surface area contributed by atoms with Crippen molar-refractivity contribution in [3.05, 3.63) is 94.5 Å². The number of para-hydroxylation sites is 2. The van der Waals surface area contributed by atoms with Crippen LogP contribution in [0, 0.1) is 0 Å². The topological polar surface area (TPSA) is 93.8 Å². The SMILES string of the molecule is CS(=O)(=O)Nc1ccccc1N1CCN(C[C@@H](Cc2ccc(Cl)cc2)NC(=O)[C@@H]2Cc3ccccc3CN2)CC1. The monoisotopic (exact) mass is 581 g/mol. The molecule has 2 heterocycles. The first-order valence-corrected chi connectivity index (χ1v) is 15.9. The molecule has 0 saturated carbocycles. The summed E-state index contributed by atoms with van der Waals surface area (Å²) in [6, 6.07) is 23.2. The van der Waals surface area contributed by atoms with Crippen LogP contribution < -0.4 is 20.3 Å². The molecule has 3 aromatic rings. The average molecular weight is 582 g/mol. The van der Waals surface area contributed by atoms with E-state index in [0.29, 0.717) is 30.1 Å². The van der Waals surface area contributed by atoms with Crippen LogP contribution in [-0.4, -0.2) is 70.3 Å². The number of nitrogens with zero attached hydrogens (tertiary/aromatic N) is 2. The van der Waals surface area contributed by atoms with E-state index in [1.165, 1.54) is 17.4 Å². The second-order valence-electron chi connectivity index (χ2n) is 10.6. The second kappa shape index (κ2) is 12.6. The van der Waals surface area contributed by atoms with Gasteiger partial charge in [0, 0.05) is 50.3 Å². The van der Waals surface area contributed by atoms with Gasteiger partial charge in [0.1, 0.15) is 0 Å². The molecule has 0 bridgehead atoms. The second-order valence-corrected chi connectivity index (χ2v) is 12.8. The summed E-state index contributed by atoms with van der Waals surface area (Å²) < 4.78 is 26.3. The highest BCUT2D eigenvalue weighted by Gasteiger charge is 2.28. The first kappa shape index (κ1) is 28.4. The first-order chi connectivity index (χ1) is 19.2. The summed E-state index contributed by atoms with van der Waals surface area (Å²) >= 11 is 6.11. The molecular weight excluding hydrogens is 546 g/mol. The van der Waals surface area contributed by atoms with Crippen molar-refractivity contribution < 1.29 is 13.2 Å². The van der Waals surface area contributed by atoms with E-state index in [4.69, 9.17) is 11.6 Å². The number of sulfonamides is 1. The Labute approximate surface area is 241 Å². The Hall–Kier alpha value is -3.11. The third kappa shape index (κ3) is 7.54. The molecule has 0 aromatic heterocycles. The Morgan fingerprint density at radius 2 is 1.65 bits per heavy atom. The number of carbonyl (C=O) groups excluding carboxylic acids is 1. The lowest BCUT2D eigenvalue weighted by molar-refractivity contribution is -0.124. The van der Waals surface area contributed by atoms with E-state index < -0.39 is 10.0 Å². The number of amides is 1. The summed E-state index contributed by atoms with van der Waals surface area (Å²) in [5, 5.41) is 7.43. The standard InChI is InChI=1S/C30H36ClN5O3S/c1-40(38,39)34-27-8-4-5-9-29(27)36-16-14-35(15-17-36)21-26(18-22-10-12-25(31)13-11-22)33-30(37)28-19-23-6-2-3-7-24(23)20-32-28/h2-13,26,28,32,34H,14-21H2,1H3,(H,33,37)/t26-,28+/m1/s1. The molecule has 40 heavy (non-hydrogen) atoms. The summed E-state index contributed by atoms with van der Waals surface area (Å²) in [7, 11) is -3.38. The quantitative estimate of drug-likeness (QED) is 0.359. The average Bonchev–Trinajstić information content (AvgIpc) is 2.94. The Bertz CT molecular complexity index is 1430. The third-order valence-corrected chi connectivity index (χ3v) is 8.37. The smallest absolute Gasteiger partial charge is 0.237 e. The molecule has 1 saturated heterocycles. The summed E-state index contributed by atoms with van der Waals surface area (Å²) in [4.78, 5) is 18.0. The zero-order chi connectivity index (χ0) is 28.1. The van der Waals surface area contributed by atoms with Crippen molar-refractivity contribution in [1.29, 1.82) is 0 Å². The van der Waals surface area contributed by atoms with E-state index in [9.17, 15) is 13.2 Å². The Balaban J connectivity index is 1.24. The van der Waals surface area contributed by atoms with Gasteiger partial charge in [-0.15, -0.1) is 0 Å². The summed E-state index contributed by atoms with van der Waals surface area (Å²) in [6.45, 7) is 4.52. The van der Waals surface area contributed by atoms with Crippen LogP contribution in [0.1, 0.15) is 16.7 Å². The highest BCUT2D eigenvalue weighted by atomic mass is 35.5. The molecule has 2 aliphatic heterocycles. The van der Waals surface area contributed by atoms with Gasteiger partial charge in [0.15, 0.2) is 0 Å². The number of benzene rings is 3. The molecule has 1 amide bonds. The highest BCUT2D eigenvalue weighted by molar-refractivity contribution is 7.92. The normalized spacial score (nSPS) is 18.6. The van der Waals surface area contributed by atoms with Gasteiger partial charge in [-0.2, -0.15) is 0 Å². The van der Waals surface area contributed by atoms with Crippen LogP contribution in [0.2, 0.25) is 5.02 Å². The van der Waals surface area contributed by atoms with Crippen LogP contribution >= 0.6 is 11.6 Å². The Morgan fingerprint density at radius 1 is 0.975 bits per heavy atom. The number of nitrogens with one attached hydrogen (secondary N) is 3. The number of carbonyl (C=O) groups is 1. The summed E-state index contributed by atoms with van der Waals surface area (Å²) in [5.74, 6) is 0.0212. The Morgan fingerprint density at radius 3 is 2.38 bits per heavy atom. The maximum Gasteiger partial charge on any atom is 0.237 e. The van der Waals surface area contributed by atoms with E-state index in [0.717, 1.165) is 44.0 Å². The van der Waals surface area contributed by atoms with Crippen molar-refractivity contribution in [1.82, 2.24) is 15.5 Å². The van der Waals surface area contributed by atoms with Crippen molar-refractivity contribution in [3.8, 4) is 0 Å². The van der Waals surface area contributed by atoms with Crippen molar-refractivity contribution in [2.24, 2.45) is 0 Å². The lowest BCUT2D eigenvalue weighted by Gasteiger charge is -2.38. The lowest BCUT2D eigenvalue weighted by Crippen LogP contribution is -2.55. The van der Waals surface area contributed by atoms with Crippen LogP contribution in [0.3, 0.4) is 0 Å². The van der Waals surface area contributed by atoms with Gasteiger partial charge in [0.25, 0.3) is 0 Å². The fourth-order valence-electron chi connectivity index (χ4n) is 5.53.